The molecule has 1 aliphatic heterocycles. The lowest BCUT2D eigenvalue weighted by Crippen LogP contribution is -2.51. The molecule has 0 radical (unpaired) electrons. The van der Waals surface area contributed by atoms with Gasteiger partial charge < -0.3 is 9.47 Å². The Morgan fingerprint density at radius 3 is 3.05 bits per heavy atom. The van der Waals surface area contributed by atoms with Crippen LogP contribution in [-0.4, -0.2) is 47.9 Å². The number of morpholine rings is 1. The fourth-order valence-electron chi connectivity index (χ4n) is 3.64. The zero-order valence-corrected chi connectivity index (χ0v) is 12.5. The Morgan fingerprint density at radius 2 is 2.24 bits per heavy atom. The summed E-state index contributed by atoms with van der Waals surface area (Å²) in [6.45, 7) is 3.77. The first-order valence-electron chi connectivity index (χ1n) is 8.26. The average Bonchev–Trinajstić information content (AvgIpc) is 3.26. The van der Waals surface area contributed by atoms with Crippen LogP contribution in [0.15, 0.2) is 24.5 Å². The first kappa shape index (κ1) is 13.7. The first-order chi connectivity index (χ1) is 10.4. The van der Waals surface area contributed by atoms with Crippen LogP contribution in [0.1, 0.15) is 31.2 Å². The monoisotopic (exact) mass is 288 g/mol. The van der Waals surface area contributed by atoms with E-state index in [1.807, 2.05) is 18.5 Å². The van der Waals surface area contributed by atoms with Gasteiger partial charge in [-0.25, -0.2) is 0 Å². The van der Waals surface area contributed by atoms with Gasteiger partial charge in [0.15, 0.2) is 0 Å². The van der Waals surface area contributed by atoms with Gasteiger partial charge in [0, 0.05) is 38.1 Å². The minimum Gasteiger partial charge on any atom is -0.375 e. The number of hydrogen-bond acceptors (Lipinski definition) is 4. The second kappa shape index (κ2) is 6.03. The highest BCUT2D eigenvalue weighted by Gasteiger charge is 2.43. The lowest BCUT2D eigenvalue weighted by Gasteiger charge is -2.39. The van der Waals surface area contributed by atoms with E-state index in [0.29, 0.717) is 12.1 Å². The summed E-state index contributed by atoms with van der Waals surface area (Å²) >= 11 is 0. The van der Waals surface area contributed by atoms with Gasteiger partial charge in [0.25, 0.3) is 0 Å². The van der Waals surface area contributed by atoms with Crippen LogP contribution < -0.4 is 0 Å². The van der Waals surface area contributed by atoms with E-state index < -0.39 is 0 Å². The Balaban J connectivity index is 1.38. The number of aromatic nitrogens is 1. The van der Waals surface area contributed by atoms with E-state index in [1.165, 1.54) is 24.8 Å². The molecule has 0 bridgehead atoms. The van der Waals surface area contributed by atoms with Crippen molar-refractivity contribution in [3.8, 4) is 0 Å². The second-order valence-electron chi connectivity index (χ2n) is 6.63. The van der Waals surface area contributed by atoms with E-state index in [4.69, 9.17) is 9.47 Å². The third-order valence-electron chi connectivity index (χ3n) is 5.00. The largest absolute Gasteiger partial charge is 0.375 e. The van der Waals surface area contributed by atoms with Crippen molar-refractivity contribution in [3.05, 3.63) is 30.1 Å². The molecular weight excluding hydrogens is 264 g/mol. The fourth-order valence-corrected chi connectivity index (χ4v) is 3.64. The molecule has 4 heteroatoms. The molecule has 2 saturated carbocycles. The molecule has 21 heavy (non-hydrogen) atoms. The predicted molar refractivity (Wildman–Crippen MR) is 79.9 cm³/mol. The Bertz CT molecular complexity index is 463. The van der Waals surface area contributed by atoms with Crippen molar-refractivity contribution < 1.29 is 9.47 Å². The van der Waals surface area contributed by atoms with Crippen molar-refractivity contribution in [2.24, 2.45) is 5.92 Å². The maximum Gasteiger partial charge on any atom is 0.0992 e. The number of fused-ring (bicyclic) bond motifs is 1. The Morgan fingerprint density at radius 1 is 1.29 bits per heavy atom. The molecule has 1 aromatic rings. The fraction of sp³-hybridized carbons (Fsp3) is 0.706. The molecule has 1 aromatic heterocycles. The predicted octanol–water partition coefficient (Wildman–Crippen LogP) is 2.24. The van der Waals surface area contributed by atoms with Crippen molar-refractivity contribution in [1.29, 1.82) is 0 Å². The average molecular weight is 288 g/mol. The van der Waals surface area contributed by atoms with Gasteiger partial charge in [-0.3, -0.25) is 9.88 Å². The van der Waals surface area contributed by atoms with E-state index in [-0.39, 0.29) is 6.10 Å². The second-order valence-corrected chi connectivity index (χ2v) is 6.63. The van der Waals surface area contributed by atoms with Gasteiger partial charge in [0.2, 0.25) is 0 Å². The highest BCUT2D eigenvalue weighted by molar-refractivity contribution is 5.09. The van der Waals surface area contributed by atoms with Gasteiger partial charge in [-0.1, -0.05) is 6.07 Å². The van der Waals surface area contributed by atoms with E-state index in [2.05, 4.69) is 16.0 Å². The molecule has 0 aromatic carbocycles. The first-order valence-corrected chi connectivity index (χ1v) is 8.26. The SMILES string of the molecule is c1cncc(CN2CCO[C@H]3[C@H](OCC4CC4)CC[C@@H]32)c1. The summed E-state index contributed by atoms with van der Waals surface area (Å²) in [6, 6.07) is 4.69. The molecule has 0 unspecified atom stereocenters. The zero-order valence-electron chi connectivity index (χ0n) is 12.5. The van der Waals surface area contributed by atoms with Crippen LogP contribution in [0, 0.1) is 5.92 Å². The quantitative estimate of drug-likeness (QED) is 0.832. The van der Waals surface area contributed by atoms with Crippen molar-refractivity contribution >= 4 is 0 Å². The normalized spacial score (nSPS) is 33.0. The molecule has 2 aliphatic carbocycles. The summed E-state index contributed by atoms with van der Waals surface area (Å²) in [5.74, 6) is 0.833. The van der Waals surface area contributed by atoms with Crippen LogP contribution >= 0.6 is 0 Å². The van der Waals surface area contributed by atoms with Crippen LogP contribution in [0.4, 0.5) is 0 Å². The minimum absolute atomic E-state index is 0.272. The Kier molecular flexibility index (Phi) is 3.93. The van der Waals surface area contributed by atoms with E-state index in [0.717, 1.165) is 38.6 Å². The molecule has 3 fully saturated rings. The van der Waals surface area contributed by atoms with Crippen LogP contribution in [0.2, 0.25) is 0 Å². The van der Waals surface area contributed by atoms with Gasteiger partial charge in [-0.05, 0) is 43.2 Å². The topological polar surface area (TPSA) is 34.6 Å². The lowest BCUT2D eigenvalue weighted by molar-refractivity contribution is -0.116. The lowest BCUT2D eigenvalue weighted by atomic mass is 10.1. The molecule has 1 saturated heterocycles. The minimum atomic E-state index is 0.272. The van der Waals surface area contributed by atoms with Gasteiger partial charge in [0.1, 0.15) is 0 Å². The smallest absolute Gasteiger partial charge is 0.0992 e. The third kappa shape index (κ3) is 3.12. The molecule has 3 aliphatic rings. The van der Waals surface area contributed by atoms with Crippen molar-refractivity contribution in [2.75, 3.05) is 19.8 Å². The van der Waals surface area contributed by atoms with Crippen molar-refractivity contribution in [2.45, 2.75) is 50.5 Å². The van der Waals surface area contributed by atoms with Crippen molar-refractivity contribution in [3.63, 3.8) is 0 Å². The number of hydrogen-bond donors (Lipinski definition) is 0. The van der Waals surface area contributed by atoms with Gasteiger partial charge in [-0.15, -0.1) is 0 Å². The molecule has 114 valence electrons. The summed E-state index contributed by atoms with van der Waals surface area (Å²) in [5, 5.41) is 0. The number of pyridine rings is 1. The van der Waals surface area contributed by atoms with Gasteiger partial charge in [0.05, 0.1) is 18.8 Å². The summed E-state index contributed by atoms with van der Waals surface area (Å²) < 4.78 is 12.2. The summed E-state index contributed by atoms with van der Waals surface area (Å²) in [5.41, 5.74) is 1.29. The molecule has 2 heterocycles. The van der Waals surface area contributed by atoms with Gasteiger partial charge >= 0.3 is 0 Å². The summed E-state index contributed by atoms with van der Waals surface area (Å²) in [6.07, 6.45) is 9.44. The molecule has 4 nitrogen and oxygen atoms in total. The summed E-state index contributed by atoms with van der Waals surface area (Å²) in [4.78, 5) is 6.78. The maximum absolute atomic E-state index is 6.13. The van der Waals surface area contributed by atoms with Crippen LogP contribution in [-0.2, 0) is 16.0 Å². The summed E-state index contributed by atoms with van der Waals surface area (Å²) in [7, 11) is 0. The van der Waals surface area contributed by atoms with Crippen LogP contribution in [0.3, 0.4) is 0 Å². The van der Waals surface area contributed by atoms with Gasteiger partial charge in [-0.2, -0.15) is 0 Å². The van der Waals surface area contributed by atoms with E-state index in [1.54, 1.807) is 0 Å². The van der Waals surface area contributed by atoms with Crippen molar-refractivity contribution in [1.82, 2.24) is 9.88 Å². The Hall–Kier alpha value is -0.970. The highest BCUT2D eigenvalue weighted by atomic mass is 16.5. The third-order valence-corrected chi connectivity index (χ3v) is 5.00. The highest BCUT2D eigenvalue weighted by Crippen LogP contribution is 2.35. The molecule has 0 N–H and O–H groups in total. The number of ether oxygens (including phenoxy) is 2. The van der Waals surface area contributed by atoms with Crippen LogP contribution in [0.5, 0.6) is 0 Å². The van der Waals surface area contributed by atoms with Crippen LogP contribution in [0.25, 0.3) is 0 Å². The molecular formula is C17H24N2O2. The Labute approximate surface area is 126 Å². The zero-order chi connectivity index (χ0) is 14.1. The number of rotatable bonds is 5. The molecule has 4 rings (SSSR count). The molecule has 0 amide bonds. The molecule has 0 spiro atoms. The maximum atomic E-state index is 6.13. The standard InChI is InChI=1S/C17H24N2O2/c1-2-14(10-18-7-1)11-19-8-9-20-17-15(19)5-6-16(17)21-12-13-3-4-13/h1-2,7,10,13,15-17H,3-6,8-9,11-12H2/t15-,16+,17+/m0/s1. The number of nitrogens with zero attached hydrogens (tertiary/aromatic N) is 2. The van der Waals surface area contributed by atoms with E-state index >= 15 is 0 Å². The molecule has 3 atom stereocenters. The van der Waals surface area contributed by atoms with E-state index in [9.17, 15) is 0 Å².